The van der Waals surface area contributed by atoms with Crippen LogP contribution in [0.25, 0.3) is 11.3 Å². The lowest BCUT2D eigenvalue weighted by Crippen LogP contribution is -2.52. The minimum Gasteiger partial charge on any atom is -0.380 e. The van der Waals surface area contributed by atoms with Gasteiger partial charge in [-0.1, -0.05) is 30.3 Å². The summed E-state index contributed by atoms with van der Waals surface area (Å²) in [6.07, 6.45) is 1.12. The predicted octanol–water partition coefficient (Wildman–Crippen LogP) is 2.24. The van der Waals surface area contributed by atoms with Crippen molar-refractivity contribution in [3.05, 3.63) is 48.2 Å². The maximum atomic E-state index is 13.0. The number of rotatable bonds is 3. The highest BCUT2D eigenvalue weighted by Gasteiger charge is 2.29. The van der Waals surface area contributed by atoms with Crippen LogP contribution in [0.1, 0.15) is 16.9 Å². The number of benzene rings is 1. The van der Waals surface area contributed by atoms with Crippen molar-refractivity contribution in [3.8, 4) is 11.3 Å². The summed E-state index contributed by atoms with van der Waals surface area (Å²) in [7, 11) is 1.97. The zero-order chi connectivity index (χ0) is 17.2. The van der Waals surface area contributed by atoms with Gasteiger partial charge < -0.3 is 14.2 Å². The number of carbonyl (C=O) groups excluding carboxylic acids is 1. The second-order valence-corrected chi connectivity index (χ2v) is 6.87. The molecular formula is C20H25N3O2. The molecule has 0 N–H and O–H groups in total. The lowest BCUT2D eigenvalue weighted by Gasteiger charge is -2.37. The Morgan fingerprint density at radius 2 is 1.80 bits per heavy atom. The second kappa shape index (κ2) is 7.02. The Morgan fingerprint density at radius 3 is 2.48 bits per heavy atom. The average molecular weight is 339 g/mol. The molecule has 0 aliphatic carbocycles. The van der Waals surface area contributed by atoms with Crippen LogP contribution in [0.2, 0.25) is 0 Å². The van der Waals surface area contributed by atoms with Gasteiger partial charge in [-0.15, -0.1) is 0 Å². The standard InChI is InChI=1S/C20H25N3O2/c1-21-18(16-5-3-2-4-6-16)7-8-19(21)20(24)23-12-10-22(11-13-23)17-9-14-25-15-17/h2-8,17H,9-15H2,1H3/t17-/m0/s1. The van der Waals surface area contributed by atoms with Gasteiger partial charge in [0.2, 0.25) is 0 Å². The van der Waals surface area contributed by atoms with E-state index in [9.17, 15) is 4.79 Å². The van der Waals surface area contributed by atoms with Gasteiger partial charge >= 0.3 is 0 Å². The van der Waals surface area contributed by atoms with Crippen LogP contribution in [0.4, 0.5) is 0 Å². The molecule has 2 aliphatic heterocycles. The molecule has 5 nitrogen and oxygen atoms in total. The summed E-state index contributed by atoms with van der Waals surface area (Å²) in [5.41, 5.74) is 2.97. The van der Waals surface area contributed by atoms with E-state index in [2.05, 4.69) is 17.0 Å². The van der Waals surface area contributed by atoms with Crippen molar-refractivity contribution >= 4 is 5.91 Å². The van der Waals surface area contributed by atoms with E-state index >= 15 is 0 Å². The maximum absolute atomic E-state index is 13.0. The Hall–Kier alpha value is -2.11. The first kappa shape index (κ1) is 16.4. The molecule has 0 spiro atoms. The van der Waals surface area contributed by atoms with Gasteiger partial charge in [-0.25, -0.2) is 0 Å². The van der Waals surface area contributed by atoms with E-state index in [4.69, 9.17) is 4.74 Å². The Labute approximate surface area is 148 Å². The van der Waals surface area contributed by atoms with Crippen molar-refractivity contribution in [2.45, 2.75) is 12.5 Å². The number of piperazine rings is 1. The first-order chi connectivity index (χ1) is 12.2. The van der Waals surface area contributed by atoms with E-state index in [0.717, 1.165) is 62.8 Å². The minimum absolute atomic E-state index is 0.131. The summed E-state index contributed by atoms with van der Waals surface area (Å²) in [6, 6.07) is 14.7. The van der Waals surface area contributed by atoms with Gasteiger partial charge in [-0.3, -0.25) is 9.69 Å². The van der Waals surface area contributed by atoms with E-state index in [1.165, 1.54) is 0 Å². The summed E-state index contributed by atoms with van der Waals surface area (Å²) in [6.45, 7) is 5.18. The zero-order valence-corrected chi connectivity index (χ0v) is 14.7. The van der Waals surface area contributed by atoms with E-state index in [1.54, 1.807) is 0 Å². The molecule has 4 rings (SSSR count). The van der Waals surface area contributed by atoms with Gasteiger partial charge in [0.25, 0.3) is 5.91 Å². The molecule has 2 aliphatic rings. The molecule has 0 bridgehead atoms. The lowest BCUT2D eigenvalue weighted by molar-refractivity contribution is 0.0541. The summed E-state index contributed by atoms with van der Waals surface area (Å²) in [4.78, 5) is 17.4. The van der Waals surface area contributed by atoms with Crippen LogP contribution in [0, 0.1) is 0 Å². The molecule has 5 heteroatoms. The van der Waals surface area contributed by atoms with Crippen molar-refractivity contribution in [1.29, 1.82) is 0 Å². The fraction of sp³-hybridized carbons (Fsp3) is 0.450. The molecule has 0 saturated carbocycles. The molecule has 25 heavy (non-hydrogen) atoms. The topological polar surface area (TPSA) is 37.7 Å². The minimum atomic E-state index is 0.131. The Kier molecular flexibility index (Phi) is 4.59. The van der Waals surface area contributed by atoms with E-state index < -0.39 is 0 Å². The molecule has 3 heterocycles. The van der Waals surface area contributed by atoms with Crippen LogP contribution >= 0.6 is 0 Å². The van der Waals surface area contributed by atoms with Gasteiger partial charge in [0, 0.05) is 51.6 Å². The third-order valence-electron chi connectivity index (χ3n) is 5.43. The SMILES string of the molecule is Cn1c(C(=O)N2CCN([C@H]3CCOC3)CC2)ccc1-c1ccccc1. The monoisotopic (exact) mass is 339 g/mol. The van der Waals surface area contributed by atoms with Crippen molar-refractivity contribution in [3.63, 3.8) is 0 Å². The molecule has 1 amide bonds. The molecular weight excluding hydrogens is 314 g/mol. The first-order valence-corrected chi connectivity index (χ1v) is 9.06. The van der Waals surface area contributed by atoms with Crippen LogP contribution < -0.4 is 0 Å². The van der Waals surface area contributed by atoms with Crippen molar-refractivity contribution in [2.75, 3.05) is 39.4 Å². The fourth-order valence-electron chi connectivity index (χ4n) is 3.89. The number of aromatic nitrogens is 1. The molecule has 2 saturated heterocycles. The maximum Gasteiger partial charge on any atom is 0.270 e. The summed E-state index contributed by atoms with van der Waals surface area (Å²) >= 11 is 0. The number of hydrogen-bond donors (Lipinski definition) is 0. The molecule has 2 aromatic rings. The normalized spacial score (nSPS) is 21.6. The number of nitrogens with zero attached hydrogens (tertiary/aromatic N) is 3. The quantitative estimate of drug-likeness (QED) is 0.861. The smallest absolute Gasteiger partial charge is 0.270 e. The van der Waals surface area contributed by atoms with Crippen molar-refractivity contribution in [2.24, 2.45) is 7.05 Å². The fourth-order valence-corrected chi connectivity index (χ4v) is 3.89. The van der Waals surface area contributed by atoms with Crippen LogP contribution in [0.5, 0.6) is 0 Å². The average Bonchev–Trinajstić information content (AvgIpc) is 3.32. The second-order valence-electron chi connectivity index (χ2n) is 6.87. The highest BCUT2D eigenvalue weighted by Crippen LogP contribution is 2.23. The first-order valence-electron chi connectivity index (χ1n) is 9.06. The van der Waals surface area contributed by atoms with E-state index in [1.807, 2.05) is 46.8 Å². The van der Waals surface area contributed by atoms with Gasteiger partial charge in [-0.05, 0) is 24.1 Å². The molecule has 1 aromatic heterocycles. The molecule has 0 radical (unpaired) electrons. The summed E-state index contributed by atoms with van der Waals surface area (Å²) in [5, 5.41) is 0. The highest BCUT2D eigenvalue weighted by molar-refractivity contribution is 5.94. The summed E-state index contributed by atoms with van der Waals surface area (Å²) < 4.78 is 7.50. The molecule has 2 fully saturated rings. The van der Waals surface area contributed by atoms with Crippen LogP contribution in [0.3, 0.4) is 0 Å². The van der Waals surface area contributed by atoms with Crippen LogP contribution in [0.15, 0.2) is 42.5 Å². The molecule has 1 aromatic carbocycles. The Balaban J connectivity index is 1.44. The van der Waals surface area contributed by atoms with Gasteiger partial charge in [-0.2, -0.15) is 0 Å². The Bertz CT molecular complexity index is 727. The summed E-state index contributed by atoms with van der Waals surface area (Å²) in [5.74, 6) is 0.131. The third kappa shape index (κ3) is 3.22. The van der Waals surface area contributed by atoms with E-state index in [-0.39, 0.29) is 5.91 Å². The largest absolute Gasteiger partial charge is 0.380 e. The number of amides is 1. The predicted molar refractivity (Wildman–Crippen MR) is 97.5 cm³/mol. The lowest BCUT2D eigenvalue weighted by atomic mass is 10.2. The third-order valence-corrected chi connectivity index (χ3v) is 5.43. The zero-order valence-electron chi connectivity index (χ0n) is 14.7. The van der Waals surface area contributed by atoms with Crippen molar-refractivity contribution < 1.29 is 9.53 Å². The van der Waals surface area contributed by atoms with Gasteiger partial charge in [0.1, 0.15) is 5.69 Å². The molecule has 0 unspecified atom stereocenters. The van der Waals surface area contributed by atoms with Gasteiger partial charge in [0.05, 0.1) is 6.61 Å². The van der Waals surface area contributed by atoms with Crippen molar-refractivity contribution in [1.82, 2.24) is 14.4 Å². The number of hydrogen-bond acceptors (Lipinski definition) is 3. The van der Waals surface area contributed by atoms with Crippen LogP contribution in [-0.4, -0.2) is 65.7 Å². The Morgan fingerprint density at radius 1 is 1.04 bits per heavy atom. The number of carbonyl (C=O) groups is 1. The molecule has 1 atom stereocenters. The van der Waals surface area contributed by atoms with Gasteiger partial charge in [0.15, 0.2) is 0 Å². The molecule has 132 valence electrons. The van der Waals surface area contributed by atoms with Crippen LogP contribution in [-0.2, 0) is 11.8 Å². The number of ether oxygens (including phenoxy) is 1. The van der Waals surface area contributed by atoms with E-state index in [0.29, 0.717) is 6.04 Å². The highest BCUT2D eigenvalue weighted by atomic mass is 16.5.